The molecule has 2 nitrogen and oxygen atoms in total. The van der Waals surface area contributed by atoms with Gasteiger partial charge in [-0.05, 0) is 36.2 Å². The number of hydrogen-bond donors (Lipinski definition) is 0. The van der Waals surface area contributed by atoms with Gasteiger partial charge in [0.15, 0.2) is 9.84 Å². The van der Waals surface area contributed by atoms with E-state index in [0.717, 1.165) is 0 Å². The van der Waals surface area contributed by atoms with Crippen molar-refractivity contribution in [3.8, 4) is 0 Å². The topological polar surface area (TPSA) is 34.1 Å². The zero-order valence-electron chi connectivity index (χ0n) is 10.9. The van der Waals surface area contributed by atoms with Crippen molar-refractivity contribution < 1.29 is 8.42 Å². The highest BCUT2D eigenvalue weighted by Crippen LogP contribution is 2.33. The van der Waals surface area contributed by atoms with Crippen LogP contribution in [0.3, 0.4) is 0 Å². The molecule has 0 amide bonds. The molecule has 0 N–H and O–H groups in total. The summed E-state index contributed by atoms with van der Waals surface area (Å²) in [7, 11) is -3.46. The van der Waals surface area contributed by atoms with Gasteiger partial charge >= 0.3 is 0 Å². The van der Waals surface area contributed by atoms with Crippen molar-refractivity contribution in [2.24, 2.45) is 0 Å². The molecule has 4 heteroatoms. The normalized spacial score (nSPS) is 12.8. The number of sulfone groups is 1. The first-order valence-electron chi connectivity index (χ1n) is 6.21. The van der Waals surface area contributed by atoms with E-state index in [9.17, 15) is 8.42 Å². The molecule has 0 bridgehead atoms. The molecule has 0 radical (unpaired) electrons. The fraction of sp³-hybridized carbons (Fsp3) is 0.125. The van der Waals surface area contributed by atoms with Crippen LogP contribution >= 0.6 is 11.6 Å². The van der Waals surface area contributed by atoms with Crippen molar-refractivity contribution >= 4 is 21.4 Å². The SMILES string of the molecule is C=CCC(c1cccc(Cl)c1)S(=O)(=O)c1ccccc1. The second kappa shape index (κ2) is 6.25. The third-order valence-corrected chi connectivity index (χ3v) is 5.43. The van der Waals surface area contributed by atoms with Gasteiger partial charge in [0.25, 0.3) is 0 Å². The fourth-order valence-corrected chi connectivity index (χ4v) is 4.03. The number of halogens is 1. The highest BCUT2D eigenvalue weighted by Gasteiger charge is 2.27. The Morgan fingerprint density at radius 3 is 2.40 bits per heavy atom. The third kappa shape index (κ3) is 3.11. The van der Waals surface area contributed by atoms with Gasteiger partial charge in [-0.1, -0.05) is 48.0 Å². The number of hydrogen-bond acceptors (Lipinski definition) is 2. The maximum absolute atomic E-state index is 12.7. The van der Waals surface area contributed by atoms with E-state index >= 15 is 0 Å². The lowest BCUT2D eigenvalue weighted by Crippen LogP contribution is -2.13. The summed E-state index contributed by atoms with van der Waals surface area (Å²) in [6.45, 7) is 3.66. The van der Waals surface area contributed by atoms with Crippen LogP contribution in [0.2, 0.25) is 5.02 Å². The van der Waals surface area contributed by atoms with Gasteiger partial charge in [-0.2, -0.15) is 0 Å². The standard InChI is InChI=1S/C16H15ClO2S/c1-2-7-16(13-8-6-9-14(17)12-13)20(18,19)15-10-4-3-5-11-15/h2-6,8-12,16H,1,7H2. The number of allylic oxidation sites excluding steroid dienone is 1. The first-order valence-corrected chi connectivity index (χ1v) is 8.13. The second-order valence-corrected chi connectivity index (χ2v) is 6.99. The minimum atomic E-state index is -3.46. The zero-order valence-corrected chi connectivity index (χ0v) is 12.4. The number of rotatable bonds is 5. The van der Waals surface area contributed by atoms with Crippen LogP contribution in [-0.4, -0.2) is 8.42 Å². The zero-order chi connectivity index (χ0) is 14.6. The highest BCUT2D eigenvalue weighted by molar-refractivity contribution is 7.91. The first kappa shape index (κ1) is 14.8. The Bertz CT molecular complexity index is 693. The highest BCUT2D eigenvalue weighted by atomic mass is 35.5. The van der Waals surface area contributed by atoms with Gasteiger partial charge in [0.2, 0.25) is 0 Å². The maximum Gasteiger partial charge on any atom is 0.185 e. The summed E-state index contributed by atoms with van der Waals surface area (Å²) in [6, 6.07) is 15.4. The molecule has 0 aliphatic rings. The average molecular weight is 307 g/mol. The van der Waals surface area contributed by atoms with E-state index < -0.39 is 15.1 Å². The molecule has 0 spiro atoms. The first-order chi connectivity index (χ1) is 9.55. The summed E-state index contributed by atoms with van der Waals surface area (Å²) in [4.78, 5) is 0.312. The van der Waals surface area contributed by atoms with Gasteiger partial charge in [-0.15, -0.1) is 6.58 Å². The molecule has 20 heavy (non-hydrogen) atoms. The van der Waals surface area contributed by atoms with Gasteiger partial charge in [-0.3, -0.25) is 0 Å². The van der Waals surface area contributed by atoms with Crippen molar-refractivity contribution in [2.45, 2.75) is 16.6 Å². The van der Waals surface area contributed by atoms with Crippen LogP contribution in [0, 0.1) is 0 Å². The van der Waals surface area contributed by atoms with Crippen molar-refractivity contribution in [3.05, 3.63) is 77.8 Å². The Kier molecular flexibility index (Phi) is 4.63. The molecule has 0 saturated heterocycles. The predicted molar refractivity (Wildman–Crippen MR) is 82.6 cm³/mol. The quantitative estimate of drug-likeness (QED) is 0.766. The summed E-state index contributed by atoms with van der Waals surface area (Å²) in [6.07, 6.45) is 1.96. The summed E-state index contributed by atoms with van der Waals surface area (Å²) in [5, 5.41) is -0.138. The average Bonchev–Trinajstić information content (AvgIpc) is 2.45. The molecular weight excluding hydrogens is 292 g/mol. The Morgan fingerprint density at radius 1 is 1.10 bits per heavy atom. The van der Waals surface area contributed by atoms with E-state index in [1.54, 1.807) is 60.7 Å². The molecule has 0 aliphatic carbocycles. The van der Waals surface area contributed by atoms with E-state index in [4.69, 9.17) is 11.6 Å². The monoisotopic (exact) mass is 306 g/mol. The van der Waals surface area contributed by atoms with Crippen LogP contribution in [0.1, 0.15) is 17.2 Å². The number of benzene rings is 2. The Balaban J connectivity index is 2.51. The Labute approximate surface area is 124 Å². The minimum absolute atomic E-state index is 0.312. The lowest BCUT2D eigenvalue weighted by molar-refractivity contribution is 0.582. The van der Waals surface area contributed by atoms with Crippen molar-refractivity contribution in [1.29, 1.82) is 0 Å². The summed E-state index contributed by atoms with van der Waals surface area (Å²) < 4.78 is 25.5. The molecule has 0 heterocycles. The smallest absolute Gasteiger partial charge is 0.185 e. The molecule has 2 aromatic carbocycles. The largest absolute Gasteiger partial charge is 0.223 e. The molecule has 1 atom stereocenters. The predicted octanol–water partition coefficient (Wildman–Crippen LogP) is 4.43. The van der Waals surface area contributed by atoms with Crippen LogP contribution < -0.4 is 0 Å². The minimum Gasteiger partial charge on any atom is -0.223 e. The van der Waals surface area contributed by atoms with Crippen molar-refractivity contribution in [3.63, 3.8) is 0 Å². The molecule has 0 aromatic heterocycles. The lowest BCUT2D eigenvalue weighted by atomic mass is 10.1. The Hall–Kier alpha value is -1.58. The van der Waals surface area contributed by atoms with Gasteiger partial charge in [0, 0.05) is 5.02 Å². The maximum atomic E-state index is 12.7. The van der Waals surface area contributed by atoms with Crippen molar-refractivity contribution in [1.82, 2.24) is 0 Å². The van der Waals surface area contributed by atoms with E-state index in [1.807, 2.05) is 0 Å². The van der Waals surface area contributed by atoms with Crippen LogP contribution in [0.25, 0.3) is 0 Å². The second-order valence-electron chi connectivity index (χ2n) is 4.43. The van der Waals surface area contributed by atoms with E-state index in [1.165, 1.54) is 0 Å². The van der Waals surface area contributed by atoms with Gasteiger partial charge in [0.1, 0.15) is 0 Å². The van der Waals surface area contributed by atoms with Crippen LogP contribution in [0.15, 0.2) is 72.1 Å². The Morgan fingerprint density at radius 2 is 1.80 bits per heavy atom. The van der Waals surface area contributed by atoms with Gasteiger partial charge in [-0.25, -0.2) is 8.42 Å². The molecular formula is C16H15ClO2S. The van der Waals surface area contributed by atoms with Crippen molar-refractivity contribution in [2.75, 3.05) is 0 Å². The van der Waals surface area contributed by atoms with Gasteiger partial charge < -0.3 is 0 Å². The van der Waals surface area contributed by atoms with E-state index in [0.29, 0.717) is 21.9 Å². The fourth-order valence-electron chi connectivity index (χ4n) is 2.07. The van der Waals surface area contributed by atoms with Crippen LogP contribution in [-0.2, 0) is 9.84 Å². The third-order valence-electron chi connectivity index (χ3n) is 3.05. The molecule has 104 valence electrons. The summed E-state index contributed by atoms with van der Waals surface area (Å²) >= 11 is 5.96. The molecule has 0 saturated carbocycles. The summed E-state index contributed by atoms with van der Waals surface area (Å²) in [5.41, 5.74) is 0.682. The van der Waals surface area contributed by atoms with Crippen LogP contribution in [0.5, 0.6) is 0 Å². The van der Waals surface area contributed by atoms with E-state index in [-0.39, 0.29) is 0 Å². The lowest BCUT2D eigenvalue weighted by Gasteiger charge is -2.17. The molecule has 0 fully saturated rings. The van der Waals surface area contributed by atoms with Crippen LogP contribution in [0.4, 0.5) is 0 Å². The van der Waals surface area contributed by atoms with E-state index in [2.05, 4.69) is 6.58 Å². The summed E-state index contributed by atoms with van der Waals surface area (Å²) in [5.74, 6) is 0. The molecule has 2 aromatic rings. The molecule has 2 rings (SSSR count). The molecule has 1 unspecified atom stereocenters. The molecule has 0 aliphatic heterocycles. The van der Waals surface area contributed by atoms with Gasteiger partial charge in [0.05, 0.1) is 10.1 Å².